The van der Waals surface area contributed by atoms with Crippen LogP contribution in [-0.4, -0.2) is 15.5 Å². The lowest BCUT2D eigenvalue weighted by molar-refractivity contribution is 0.386. The molecule has 16 heavy (non-hydrogen) atoms. The monoisotopic (exact) mass is 245 g/mol. The summed E-state index contributed by atoms with van der Waals surface area (Å²) < 4.78 is 39.9. The van der Waals surface area contributed by atoms with Crippen molar-refractivity contribution in [2.24, 2.45) is 5.14 Å². The van der Waals surface area contributed by atoms with Gasteiger partial charge in [0.15, 0.2) is 11.6 Å². The molecule has 0 saturated heterocycles. The van der Waals surface area contributed by atoms with Crippen molar-refractivity contribution in [1.29, 1.82) is 0 Å². The van der Waals surface area contributed by atoms with Crippen LogP contribution in [0.25, 0.3) is 0 Å². The second-order valence-electron chi connectivity index (χ2n) is 3.89. The molecule has 1 aliphatic rings. The Hall–Kier alpha value is -1.14. The van der Waals surface area contributed by atoms with Crippen molar-refractivity contribution < 1.29 is 17.5 Å². The molecule has 1 aromatic rings. The first kappa shape index (κ1) is 11.3. The molecule has 0 heterocycles. The number of hydrogen-bond donors (Lipinski definition) is 1. The molecular weight excluding hydrogens is 233 g/mol. The zero-order valence-corrected chi connectivity index (χ0v) is 9.55. The molecule has 88 valence electrons. The van der Waals surface area contributed by atoms with E-state index in [2.05, 4.69) is 0 Å². The Morgan fingerprint density at radius 2 is 2.06 bits per heavy atom. The minimum Gasteiger partial charge on any atom is -0.494 e. The van der Waals surface area contributed by atoms with Crippen molar-refractivity contribution in [3.8, 4) is 5.75 Å². The van der Waals surface area contributed by atoms with Crippen LogP contribution in [0.2, 0.25) is 0 Å². The summed E-state index contributed by atoms with van der Waals surface area (Å²) >= 11 is 0. The maximum absolute atomic E-state index is 13.4. The first-order valence-electron chi connectivity index (χ1n) is 4.77. The quantitative estimate of drug-likeness (QED) is 0.867. The van der Waals surface area contributed by atoms with Crippen molar-refractivity contribution in [3.63, 3.8) is 0 Å². The minimum absolute atomic E-state index is 0.0916. The normalized spacial score (nSPS) is 18.2. The van der Waals surface area contributed by atoms with Crippen LogP contribution in [0.1, 0.15) is 18.4 Å². The molecule has 0 atom stereocenters. The number of methoxy groups -OCH3 is 1. The molecule has 0 aromatic heterocycles. The Morgan fingerprint density at radius 1 is 1.44 bits per heavy atom. The molecule has 2 rings (SSSR count). The van der Waals surface area contributed by atoms with Crippen LogP contribution < -0.4 is 9.88 Å². The van der Waals surface area contributed by atoms with Crippen LogP contribution in [-0.2, 0) is 14.8 Å². The molecule has 0 spiro atoms. The molecule has 1 fully saturated rings. The van der Waals surface area contributed by atoms with Crippen molar-refractivity contribution in [2.45, 2.75) is 17.6 Å². The SMILES string of the molecule is COc1ccc(C2(S(N)(=O)=O)CC2)cc1F. The molecule has 0 radical (unpaired) electrons. The first-order chi connectivity index (χ1) is 7.40. The molecule has 2 N–H and O–H groups in total. The Morgan fingerprint density at radius 3 is 2.44 bits per heavy atom. The van der Waals surface area contributed by atoms with Crippen LogP contribution in [0.3, 0.4) is 0 Å². The minimum atomic E-state index is -3.69. The fourth-order valence-electron chi connectivity index (χ4n) is 1.80. The van der Waals surface area contributed by atoms with Gasteiger partial charge in [-0.05, 0) is 30.5 Å². The molecule has 0 bridgehead atoms. The van der Waals surface area contributed by atoms with Gasteiger partial charge in [0.2, 0.25) is 10.0 Å². The van der Waals surface area contributed by atoms with E-state index in [9.17, 15) is 12.8 Å². The van der Waals surface area contributed by atoms with Gasteiger partial charge in [0.05, 0.1) is 7.11 Å². The van der Waals surface area contributed by atoms with E-state index >= 15 is 0 Å². The number of ether oxygens (including phenoxy) is 1. The number of halogens is 1. The predicted molar refractivity (Wildman–Crippen MR) is 57.0 cm³/mol. The van der Waals surface area contributed by atoms with Gasteiger partial charge in [0.1, 0.15) is 4.75 Å². The van der Waals surface area contributed by atoms with Crippen molar-refractivity contribution in [2.75, 3.05) is 7.11 Å². The van der Waals surface area contributed by atoms with Crippen LogP contribution in [0.5, 0.6) is 5.75 Å². The smallest absolute Gasteiger partial charge is 0.219 e. The number of benzene rings is 1. The Balaban J connectivity index is 2.47. The van der Waals surface area contributed by atoms with E-state index in [1.165, 1.54) is 19.2 Å². The summed E-state index contributed by atoms with van der Waals surface area (Å²) in [5, 5.41) is 5.15. The Bertz CT molecular complexity index is 523. The van der Waals surface area contributed by atoms with Gasteiger partial charge in [-0.3, -0.25) is 0 Å². The van der Waals surface area contributed by atoms with E-state index in [0.29, 0.717) is 18.4 Å². The summed E-state index contributed by atoms with van der Waals surface area (Å²) in [5.41, 5.74) is 0.397. The standard InChI is InChI=1S/C10H12FNO3S/c1-15-9-3-2-7(6-8(9)11)10(4-5-10)16(12,13)14/h2-3,6H,4-5H2,1H3,(H2,12,13,14). The number of sulfonamides is 1. The topological polar surface area (TPSA) is 69.4 Å². The highest BCUT2D eigenvalue weighted by molar-refractivity contribution is 7.90. The molecule has 0 aliphatic heterocycles. The highest BCUT2D eigenvalue weighted by atomic mass is 32.2. The predicted octanol–water partition coefficient (Wildman–Crippen LogP) is 1.11. The molecule has 1 aliphatic carbocycles. The van der Waals surface area contributed by atoms with Gasteiger partial charge in [-0.2, -0.15) is 0 Å². The number of rotatable bonds is 3. The number of nitrogens with two attached hydrogens (primary N) is 1. The van der Waals surface area contributed by atoms with Gasteiger partial charge < -0.3 is 4.74 Å². The lowest BCUT2D eigenvalue weighted by atomic mass is 10.1. The van der Waals surface area contributed by atoms with Gasteiger partial charge >= 0.3 is 0 Å². The van der Waals surface area contributed by atoms with E-state index in [0.717, 1.165) is 0 Å². The van der Waals surface area contributed by atoms with E-state index < -0.39 is 20.6 Å². The van der Waals surface area contributed by atoms with Gasteiger partial charge in [-0.1, -0.05) is 6.07 Å². The van der Waals surface area contributed by atoms with Crippen LogP contribution in [0, 0.1) is 5.82 Å². The summed E-state index contributed by atoms with van der Waals surface area (Å²) in [4.78, 5) is 0. The molecule has 6 heteroatoms. The maximum Gasteiger partial charge on any atom is 0.219 e. The molecule has 4 nitrogen and oxygen atoms in total. The van der Waals surface area contributed by atoms with Crippen molar-refractivity contribution >= 4 is 10.0 Å². The molecule has 0 amide bonds. The molecule has 0 unspecified atom stereocenters. The number of primary sulfonamides is 1. The summed E-state index contributed by atoms with van der Waals surface area (Å²) in [5.74, 6) is -0.483. The third-order valence-corrected chi connectivity index (χ3v) is 4.66. The fourth-order valence-corrected chi connectivity index (χ4v) is 2.93. The highest BCUT2D eigenvalue weighted by Crippen LogP contribution is 2.51. The number of hydrogen-bond acceptors (Lipinski definition) is 3. The second kappa shape index (κ2) is 3.43. The lowest BCUT2D eigenvalue weighted by Crippen LogP contribution is -2.28. The fraction of sp³-hybridized carbons (Fsp3) is 0.400. The van der Waals surface area contributed by atoms with Crippen molar-refractivity contribution in [3.05, 3.63) is 29.6 Å². The van der Waals surface area contributed by atoms with Gasteiger partial charge in [-0.25, -0.2) is 17.9 Å². The van der Waals surface area contributed by atoms with E-state index in [-0.39, 0.29) is 5.75 Å². The van der Waals surface area contributed by atoms with Gasteiger partial charge in [-0.15, -0.1) is 0 Å². The lowest BCUT2D eigenvalue weighted by Gasteiger charge is -2.13. The van der Waals surface area contributed by atoms with Crippen molar-refractivity contribution in [1.82, 2.24) is 0 Å². The highest BCUT2D eigenvalue weighted by Gasteiger charge is 2.54. The molecule has 1 aromatic carbocycles. The van der Waals surface area contributed by atoms with E-state index in [4.69, 9.17) is 9.88 Å². The average Bonchev–Trinajstić information content (AvgIpc) is 2.97. The summed E-state index contributed by atoms with van der Waals surface area (Å²) in [7, 11) is -2.34. The van der Waals surface area contributed by atoms with E-state index in [1.807, 2.05) is 0 Å². The van der Waals surface area contributed by atoms with Gasteiger partial charge in [0.25, 0.3) is 0 Å². The molecule has 1 saturated carbocycles. The molecular formula is C10H12FNO3S. The largest absolute Gasteiger partial charge is 0.494 e. The third-order valence-electron chi connectivity index (χ3n) is 2.93. The van der Waals surface area contributed by atoms with Crippen LogP contribution in [0.15, 0.2) is 18.2 Å². The second-order valence-corrected chi connectivity index (χ2v) is 5.76. The summed E-state index contributed by atoms with van der Waals surface area (Å²) in [6.45, 7) is 0. The summed E-state index contributed by atoms with van der Waals surface area (Å²) in [6.07, 6.45) is 0.884. The Kier molecular flexibility index (Phi) is 2.43. The average molecular weight is 245 g/mol. The third kappa shape index (κ3) is 1.58. The zero-order chi connectivity index (χ0) is 12.0. The zero-order valence-electron chi connectivity index (χ0n) is 8.73. The maximum atomic E-state index is 13.4. The Labute approximate surface area is 93.3 Å². The summed E-state index contributed by atoms with van der Waals surface area (Å²) in [6, 6.07) is 4.13. The van der Waals surface area contributed by atoms with Crippen LogP contribution >= 0.6 is 0 Å². The first-order valence-corrected chi connectivity index (χ1v) is 6.32. The van der Waals surface area contributed by atoms with E-state index in [1.54, 1.807) is 6.07 Å². The van der Waals surface area contributed by atoms with Gasteiger partial charge in [0, 0.05) is 0 Å². The van der Waals surface area contributed by atoms with Crippen LogP contribution in [0.4, 0.5) is 4.39 Å².